The number of aryl methyl sites for hydroxylation is 1. The fraction of sp³-hybridized carbons (Fsp3) is 0.579. The number of thiophene rings is 1. The number of carboxylic acid groups (broad SMARTS) is 2. The number of piperidine rings is 1. The van der Waals surface area contributed by atoms with Crippen LogP contribution in [0.15, 0.2) is 23.6 Å². The van der Waals surface area contributed by atoms with Gasteiger partial charge < -0.3 is 15.5 Å². The first kappa shape index (κ1) is 22.3. The average Bonchev–Trinajstić information content (AvgIpc) is 2.98. The molecule has 0 amide bonds. The SMILES string of the molecule is Cc1csc(CN(CC(C)C)C2CCNCC2)c1.O=C(O)C=CC(=O)O. The molecule has 7 heteroatoms. The van der Waals surface area contributed by atoms with Crippen LogP contribution < -0.4 is 5.32 Å². The zero-order valence-electron chi connectivity index (χ0n) is 15.8. The van der Waals surface area contributed by atoms with Crippen LogP contribution in [0.5, 0.6) is 0 Å². The summed E-state index contributed by atoms with van der Waals surface area (Å²) in [5.41, 5.74) is 1.41. The lowest BCUT2D eigenvalue weighted by molar-refractivity contribution is -0.134. The molecular formula is C19H30N2O4S. The van der Waals surface area contributed by atoms with E-state index in [1.54, 1.807) is 0 Å². The Morgan fingerprint density at radius 2 is 1.85 bits per heavy atom. The van der Waals surface area contributed by atoms with E-state index in [4.69, 9.17) is 10.2 Å². The Bertz CT molecular complexity index is 576. The largest absolute Gasteiger partial charge is 0.478 e. The van der Waals surface area contributed by atoms with Crippen molar-refractivity contribution in [1.82, 2.24) is 10.2 Å². The number of hydrogen-bond donors (Lipinski definition) is 3. The number of aliphatic carboxylic acids is 2. The van der Waals surface area contributed by atoms with E-state index in [0.717, 1.165) is 18.5 Å². The van der Waals surface area contributed by atoms with Gasteiger partial charge in [0.15, 0.2) is 0 Å². The summed E-state index contributed by atoms with van der Waals surface area (Å²) in [6.07, 6.45) is 3.72. The minimum atomic E-state index is -1.26. The van der Waals surface area contributed by atoms with E-state index in [1.807, 2.05) is 11.3 Å². The predicted octanol–water partition coefficient (Wildman–Crippen LogP) is 2.98. The van der Waals surface area contributed by atoms with Crippen LogP contribution in [0.4, 0.5) is 0 Å². The van der Waals surface area contributed by atoms with Crippen molar-refractivity contribution in [2.45, 2.75) is 46.2 Å². The summed E-state index contributed by atoms with van der Waals surface area (Å²) < 4.78 is 0. The first-order valence-corrected chi connectivity index (χ1v) is 9.78. The Kier molecular flexibility index (Phi) is 10.2. The van der Waals surface area contributed by atoms with E-state index in [-0.39, 0.29) is 0 Å². The predicted molar refractivity (Wildman–Crippen MR) is 105 cm³/mol. The van der Waals surface area contributed by atoms with Crippen molar-refractivity contribution in [2.75, 3.05) is 19.6 Å². The molecule has 6 nitrogen and oxygen atoms in total. The van der Waals surface area contributed by atoms with Crippen molar-refractivity contribution >= 4 is 23.3 Å². The lowest BCUT2D eigenvalue weighted by Gasteiger charge is -2.35. The molecule has 1 aromatic rings. The van der Waals surface area contributed by atoms with Gasteiger partial charge in [-0.25, -0.2) is 9.59 Å². The normalized spacial score (nSPS) is 15.3. The molecular weight excluding hydrogens is 352 g/mol. The minimum absolute atomic E-state index is 0.558. The standard InChI is InChI=1S/C15H26N2S.C4H4O4/c1-12(2)9-17(14-4-6-16-7-5-14)10-15-8-13(3)11-18-15;5-3(6)1-2-4(7)8/h8,11-12,14,16H,4-7,9-10H2,1-3H3;1-2H,(H,5,6)(H,7,8). The van der Waals surface area contributed by atoms with Gasteiger partial charge in [0, 0.05) is 36.2 Å². The molecule has 0 bridgehead atoms. The molecule has 26 heavy (non-hydrogen) atoms. The van der Waals surface area contributed by atoms with Crippen LogP contribution in [0, 0.1) is 12.8 Å². The summed E-state index contributed by atoms with van der Waals surface area (Å²) in [5.74, 6) is -1.76. The van der Waals surface area contributed by atoms with Crippen LogP contribution in [0.25, 0.3) is 0 Å². The van der Waals surface area contributed by atoms with Gasteiger partial charge in [-0.3, -0.25) is 4.90 Å². The maximum Gasteiger partial charge on any atom is 0.328 e. The van der Waals surface area contributed by atoms with Gasteiger partial charge in [-0.1, -0.05) is 13.8 Å². The molecule has 1 fully saturated rings. The van der Waals surface area contributed by atoms with Crippen LogP contribution in [0.3, 0.4) is 0 Å². The number of nitrogens with one attached hydrogen (secondary N) is 1. The highest BCUT2D eigenvalue weighted by molar-refractivity contribution is 7.10. The molecule has 0 saturated carbocycles. The van der Waals surface area contributed by atoms with Crippen molar-refractivity contribution < 1.29 is 19.8 Å². The van der Waals surface area contributed by atoms with E-state index in [0.29, 0.717) is 12.2 Å². The minimum Gasteiger partial charge on any atom is -0.478 e. The van der Waals surface area contributed by atoms with E-state index in [1.165, 1.54) is 42.9 Å². The monoisotopic (exact) mass is 382 g/mol. The summed E-state index contributed by atoms with van der Waals surface area (Å²) in [6, 6.07) is 3.12. The molecule has 0 unspecified atom stereocenters. The van der Waals surface area contributed by atoms with Gasteiger partial charge in [0.1, 0.15) is 0 Å². The fourth-order valence-corrected chi connectivity index (χ4v) is 3.80. The van der Waals surface area contributed by atoms with Gasteiger partial charge in [0.25, 0.3) is 0 Å². The lowest BCUT2D eigenvalue weighted by Crippen LogP contribution is -2.44. The van der Waals surface area contributed by atoms with Crippen LogP contribution in [0.1, 0.15) is 37.1 Å². The van der Waals surface area contributed by atoms with Crippen molar-refractivity contribution in [3.05, 3.63) is 34.0 Å². The zero-order chi connectivity index (χ0) is 19.5. The molecule has 2 heterocycles. The molecule has 1 aliphatic rings. The second kappa shape index (κ2) is 11.8. The maximum absolute atomic E-state index is 9.55. The highest BCUT2D eigenvalue weighted by Crippen LogP contribution is 2.21. The van der Waals surface area contributed by atoms with E-state index >= 15 is 0 Å². The third-order valence-corrected chi connectivity index (χ3v) is 4.98. The molecule has 0 radical (unpaired) electrons. The van der Waals surface area contributed by atoms with Crippen molar-refractivity contribution in [2.24, 2.45) is 5.92 Å². The number of nitrogens with zero attached hydrogens (tertiary/aromatic N) is 1. The van der Waals surface area contributed by atoms with Gasteiger partial charge in [0.05, 0.1) is 0 Å². The van der Waals surface area contributed by atoms with Crippen LogP contribution in [-0.2, 0) is 16.1 Å². The van der Waals surface area contributed by atoms with Gasteiger partial charge in [-0.05, 0) is 55.8 Å². The molecule has 0 atom stereocenters. The van der Waals surface area contributed by atoms with Crippen LogP contribution in [-0.4, -0.2) is 52.7 Å². The highest BCUT2D eigenvalue weighted by Gasteiger charge is 2.22. The van der Waals surface area contributed by atoms with Crippen molar-refractivity contribution in [3.63, 3.8) is 0 Å². The Balaban J connectivity index is 0.000000359. The van der Waals surface area contributed by atoms with Gasteiger partial charge in [-0.15, -0.1) is 11.3 Å². The van der Waals surface area contributed by atoms with Crippen LogP contribution >= 0.6 is 11.3 Å². The Morgan fingerprint density at radius 3 is 2.27 bits per heavy atom. The molecule has 1 aliphatic heterocycles. The van der Waals surface area contributed by atoms with Crippen molar-refractivity contribution in [1.29, 1.82) is 0 Å². The zero-order valence-corrected chi connectivity index (χ0v) is 16.6. The first-order valence-electron chi connectivity index (χ1n) is 8.90. The Morgan fingerprint density at radius 1 is 1.27 bits per heavy atom. The maximum atomic E-state index is 9.55. The quantitative estimate of drug-likeness (QED) is 0.628. The number of carbonyl (C=O) groups is 2. The van der Waals surface area contributed by atoms with Gasteiger partial charge >= 0.3 is 11.9 Å². The second-order valence-corrected chi connectivity index (χ2v) is 7.90. The summed E-state index contributed by atoms with van der Waals surface area (Å²) in [6.45, 7) is 11.6. The molecule has 2 rings (SSSR count). The van der Waals surface area contributed by atoms with E-state index in [2.05, 4.69) is 42.4 Å². The Hall–Kier alpha value is -1.70. The highest BCUT2D eigenvalue weighted by atomic mass is 32.1. The summed E-state index contributed by atoms with van der Waals surface area (Å²) >= 11 is 1.91. The second-order valence-electron chi connectivity index (χ2n) is 6.90. The lowest BCUT2D eigenvalue weighted by atomic mass is 10.0. The van der Waals surface area contributed by atoms with Crippen LogP contribution in [0.2, 0.25) is 0 Å². The first-order chi connectivity index (χ1) is 12.3. The third kappa shape index (κ3) is 9.70. The summed E-state index contributed by atoms with van der Waals surface area (Å²) in [5, 5.41) is 21.4. The molecule has 146 valence electrons. The molecule has 0 spiro atoms. The summed E-state index contributed by atoms with van der Waals surface area (Å²) in [7, 11) is 0. The molecule has 0 aromatic carbocycles. The molecule has 0 aliphatic carbocycles. The number of carboxylic acids is 2. The number of hydrogen-bond acceptors (Lipinski definition) is 5. The third-order valence-electron chi connectivity index (χ3n) is 3.94. The average molecular weight is 383 g/mol. The number of rotatable bonds is 7. The van der Waals surface area contributed by atoms with Gasteiger partial charge in [0.2, 0.25) is 0 Å². The molecule has 3 N–H and O–H groups in total. The topological polar surface area (TPSA) is 89.9 Å². The van der Waals surface area contributed by atoms with Crippen molar-refractivity contribution in [3.8, 4) is 0 Å². The van der Waals surface area contributed by atoms with E-state index < -0.39 is 11.9 Å². The molecule has 1 saturated heterocycles. The summed E-state index contributed by atoms with van der Waals surface area (Å²) in [4.78, 5) is 23.3. The fourth-order valence-electron chi connectivity index (χ4n) is 2.90. The van der Waals surface area contributed by atoms with Gasteiger partial charge in [-0.2, -0.15) is 0 Å². The molecule has 1 aromatic heterocycles. The van der Waals surface area contributed by atoms with E-state index in [9.17, 15) is 9.59 Å². The smallest absolute Gasteiger partial charge is 0.328 e. The Labute approximate surface area is 159 Å².